The SMILES string of the molecule is CCC1CNC(C)CN1c1cc(C(F)(F)F)ccc1Cl. The van der Waals surface area contributed by atoms with Crippen LogP contribution in [0.25, 0.3) is 0 Å². The third-order valence-electron chi connectivity index (χ3n) is 3.67. The molecule has 2 atom stereocenters. The number of piperazine rings is 1. The molecule has 0 radical (unpaired) electrons. The summed E-state index contributed by atoms with van der Waals surface area (Å²) < 4.78 is 38.5. The van der Waals surface area contributed by atoms with Gasteiger partial charge in [0.25, 0.3) is 0 Å². The van der Waals surface area contributed by atoms with Crippen LogP contribution in [-0.2, 0) is 6.18 Å². The molecule has 1 aromatic carbocycles. The van der Waals surface area contributed by atoms with Gasteiger partial charge in [0, 0.05) is 25.2 Å². The zero-order valence-electron chi connectivity index (χ0n) is 11.5. The average Bonchev–Trinajstić information content (AvgIpc) is 2.38. The summed E-state index contributed by atoms with van der Waals surface area (Å²) >= 11 is 6.12. The molecule has 6 heteroatoms. The summed E-state index contributed by atoms with van der Waals surface area (Å²) in [5, 5.41) is 3.71. The molecule has 0 saturated carbocycles. The maximum absolute atomic E-state index is 12.8. The van der Waals surface area contributed by atoms with Crippen LogP contribution < -0.4 is 10.2 Å². The van der Waals surface area contributed by atoms with Gasteiger partial charge in [-0.05, 0) is 31.5 Å². The van der Waals surface area contributed by atoms with E-state index in [4.69, 9.17) is 11.6 Å². The monoisotopic (exact) mass is 306 g/mol. The molecule has 0 bridgehead atoms. The Kier molecular flexibility index (Phi) is 4.49. The minimum Gasteiger partial charge on any atom is -0.365 e. The van der Waals surface area contributed by atoms with Gasteiger partial charge in [0.1, 0.15) is 0 Å². The van der Waals surface area contributed by atoms with Gasteiger partial charge in [0.05, 0.1) is 16.3 Å². The number of hydrogen-bond acceptors (Lipinski definition) is 2. The Hall–Kier alpha value is -0.940. The third-order valence-corrected chi connectivity index (χ3v) is 3.99. The fraction of sp³-hybridized carbons (Fsp3) is 0.571. The molecule has 112 valence electrons. The highest BCUT2D eigenvalue weighted by atomic mass is 35.5. The van der Waals surface area contributed by atoms with Crippen LogP contribution in [0.2, 0.25) is 5.02 Å². The fourth-order valence-corrected chi connectivity index (χ4v) is 2.75. The van der Waals surface area contributed by atoms with Crippen LogP contribution >= 0.6 is 11.6 Å². The lowest BCUT2D eigenvalue weighted by molar-refractivity contribution is -0.137. The van der Waals surface area contributed by atoms with Gasteiger partial charge in [0.2, 0.25) is 0 Å². The van der Waals surface area contributed by atoms with Gasteiger partial charge >= 0.3 is 6.18 Å². The molecular formula is C14H18ClF3N2. The molecule has 20 heavy (non-hydrogen) atoms. The van der Waals surface area contributed by atoms with Crippen molar-refractivity contribution in [2.45, 2.75) is 38.5 Å². The lowest BCUT2D eigenvalue weighted by atomic mass is 10.0. The van der Waals surface area contributed by atoms with Crippen molar-refractivity contribution in [1.82, 2.24) is 5.32 Å². The molecule has 0 amide bonds. The zero-order chi connectivity index (χ0) is 14.9. The number of rotatable bonds is 2. The van der Waals surface area contributed by atoms with Crippen LogP contribution in [0.4, 0.5) is 18.9 Å². The average molecular weight is 307 g/mol. The smallest absolute Gasteiger partial charge is 0.365 e. The van der Waals surface area contributed by atoms with E-state index in [-0.39, 0.29) is 12.1 Å². The van der Waals surface area contributed by atoms with E-state index in [1.165, 1.54) is 6.07 Å². The predicted molar refractivity (Wildman–Crippen MR) is 75.3 cm³/mol. The molecule has 1 aromatic rings. The van der Waals surface area contributed by atoms with E-state index in [0.717, 1.165) is 25.1 Å². The second-order valence-electron chi connectivity index (χ2n) is 5.19. The lowest BCUT2D eigenvalue weighted by Crippen LogP contribution is -2.55. The number of anilines is 1. The Morgan fingerprint density at radius 3 is 2.70 bits per heavy atom. The Labute approximate surface area is 121 Å². The number of benzene rings is 1. The van der Waals surface area contributed by atoms with Crippen LogP contribution in [-0.4, -0.2) is 25.2 Å². The molecule has 1 N–H and O–H groups in total. The molecule has 2 rings (SSSR count). The predicted octanol–water partition coefficient (Wildman–Crippen LogP) is 3.94. The molecule has 0 aliphatic carbocycles. The molecule has 0 spiro atoms. The van der Waals surface area contributed by atoms with Crippen molar-refractivity contribution >= 4 is 17.3 Å². The number of nitrogens with zero attached hydrogens (tertiary/aromatic N) is 1. The van der Waals surface area contributed by atoms with Gasteiger partial charge in [-0.15, -0.1) is 0 Å². The quantitative estimate of drug-likeness (QED) is 0.890. The second-order valence-corrected chi connectivity index (χ2v) is 5.59. The van der Waals surface area contributed by atoms with Crippen LogP contribution in [0.5, 0.6) is 0 Å². The summed E-state index contributed by atoms with van der Waals surface area (Å²) in [4.78, 5) is 1.98. The molecule has 2 nitrogen and oxygen atoms in total. The van der Waals surface area contributed by atoms with Crippen molar-refractivity contribution in [2.75, 3.05) is 18.0 Å². The number of alkyl halides is 3. The van der Waals surface area contributed by atoms with Gasteiger partial charge in [-0.2, -0.15) is 13.2 Å². The summed E-state index contributed by atoms with van der Waals surface area (Å²) in [7, 11) is 0. The molecule has 2 unspecified atom stereocenters. The van der Waals surface area contributed by atoms with Crippen molar-refractivity contribution in [3.05, 3.63) is 28.8 Å². The van der Waals surface area contributed by atoms with E-state index < -0.39 is 11.7 Å². The van der Waals surface area contributed by atoms with Gasteiger partial charge in [-0.1, -0.05) is 18.5 Å². The Morgan fingerprint density at radius 2 is 2.10 bits per heavy atom. The Balaban J connectivity index is 2.39. The molecule has 1 saturated heterocycles. The molecule has 1 fully saturated rings. The van der Waals surface area contributed by atoms with Crippen molar-refractivity contribution < 1.29 is 13.2 Å². The van der Waals surface area contributed by atoms with Crippen molar-refractivity contribution in [2.24, 2.45) is 0 Å². The highest BCUT2D eigenvalue weighted by Crippen LogP contribution is 2.36. The topological polar surface area (TPSA) is 15.3 Å². The zero-order valence-corrected chi connectivity index (χ0v) is 12.2. The summed E-state index contributed by atoms with van der Waals surface area (Å²) in [5.41, 5.74) is -0.181. The van der Waals surface area contributed by atoms with E-state index in [2.05, 4.69) is 5.32 Å². The summed E-state index contributed by atoms with van der Waals surface area (Å²) in [6.45, 7) is 5.45. The first-order valence-corrected chi connectivity index (χ1v) is 7.07. The summed E-state index contributed by atoms with van der Waals surface area (Å²) in [6, 6.07) is 3.90. The maximum Gasteiger partial charge on any atom is 0.416 e. The molecule has 1 aliphatic heterocycles. The highest BCUT2D eigenvalue weighted by molar-refractivity contribution is 6.33. The first-order chi connectivity index (χ1) is 9.32. The standard InChI is InChI=1S/C14H18ClF3N2/c1-3-11-7-19-9(2)8-20(11)13-6-10(14(16,17)18)4-5-12(13)15/h4-6,9,11,19H,3,7-8H2,1-2H3. The first kappa shape index (κ1) is 15.4. The van der Waals surface area contributed by atoms with Crippen molar-refractivity contribution in [1.29, 1.82) is 0 Å². The lowest BCUT2D eigenvalue weighted by Gasteiger charge is -2.41. The largest absolute Gasteiger partial charge is 0.416 e. The van der Waals surface area contributed by atoms with E-state index in [1.807, 2.05) is 18.7 Å². The van der Waals surface area contributed by atoms with Crippen molar-refractivity contribution in [3.63, 3.8) is 0 Å². The van der Waals surface area contributed by atoms with Crippen LogP contribution in [0.3, 0.4) is 0 Å². The second kappa shape index (κ2) is 5.82. The Bertz CT molecular complexity index is 476. The fourth-order valence-electron chi connectivity index (χ4n) is 2.52. The number of hydrogen-bond donors (Lipinski definition) is 1. The molecule has 1 aliphatic rings. The number of halogens is 4. The van der Waals surface area contributed by atoms with Gasteiger partial charge in [0.15, 0.2) is 0 Å². The number of nitrogens with one attached hydrogen (secondary N) is 1. The summed E-state index contributed by atoms with van der Waals surface area (Å²) in [5.74, 6) is 0. The first-order valence-electron chi connectivity index (χ1n) is 6.69. The van der Waals surface area contributed by atoms with E-state index in [1.54, 1.807) is 0 Å². The molecular weight excluding hydrogens is 289 g/mol. The van der Waals surface area contributed by atoms with Crippen molar-refractivity contribution in [3.8, 4) is 0 Å². The highest BCUT2D eigenvalue weighted by Gasteiger charge is 2.33. The van der Waals surface area contributed by atoms with E-state index in [0.29, 0.717) is 17.3 Å². The van der Waals surface area contributed by atoms with Crippen LogP contribution in [0.15, 0.2) is 18.2 Å². The maximum atomic E-state index is 12.8. The van der Waals surface area contributed by atoms with Gasteiger partial charge in [-0.3, -0.25) is 0 Å². The van der Waals surface area contributed by atoms with Gasteiger partial charge in [-0.25, -0.2) is 0 Å². The summed E-state index contributed by atoms with van der Waals surface area (Å²) in [6.07, 6.45) is -3.49. The van der Waals surface area contributed by atoms with E-state index >= 15 is 0 Å². The van der Waals surface area contributed by atoms with Gasteiger partial charge < -0.3 is 10.2 Å². The normalized spacial score (nSPS) is 24.0. The molecule has 0 aromatic heterocycles. The van der Waals surface area contributed by atoms with Crippen LogP contribution in [0, 0.1) is 0 Å². The third kappa shape index (κ3) is 3.20. The van der Waals surface area contributed by atoms with E-state index in [9.17, 15) is 13.2 Å². The minimum absolute atomic E-state index is 0.159. The van der Waals surface area contributed by atoms with Crippen LogP contribution in [0.1, 0.15) is 25.8 Å². The Morgan fingerprint density at radius 1 is 1.40 bits per heavy atom. The molecule has 1 heterocycles. The minimum atomic E-state index is -4.35.